The van der Waals surface area contributed by atoms with Crippen LogP contribution in [-0.2, 0) is 9.53 Å². The third kappa shape index (κ3) is 4.14. The van der Waals surface area contributed by atoms with Crippen molar-refractivity contribution >= 4 is 12.4 Å². The molecule has 0 fully saturated rings. The number of hydrogen-bond donors (Lipinski definition) is 1. The van der Waals surface area contributed by atoms with Gasteiger partial charge in [0.1, 0.15) is 6.29 Å². The highest BCUT2D eigenvalue weighted by atomic mass is 16.5. The predicted octanol–water partition coefficient (Wildman–Crippen LogP) is 1.80. The Labute approximate surface area is 89.7 Å². The van der Waals surface area contributed by atoms with E-state index in [-0.39, 0.29) is 0 Å². The highest BCUT2D eigenvalue weighted by molar-refractivity contribution is 5.73. The Hall–Kier alpha value is -1.32. The molecule has 1 aliphatic rings. The SMILES string of the molecule is COC(=O)NC(C=O)CC1=CCCCC1. The van der Waals surface area contributed by atoms with Crippen molar-refractivity contribution in [1.29, 1.82) is 0 Å². The van der Waals surface area contributed by atoms with Crippen molar-refractivity contribution in [2.45, 2.75) is 38.1 Å². The summed E-state index contributed by atoms with van der Waals surface area (Å²) in [5.74, 6) is 0. The molecule has 4 heteroatoms. The molecule has 0 bridgehead atoms. The molecule has 1 amide bonds. The minimum absolute atomic E-state index is 0.457. The van der Waals surface area contributed by atoms with E-state index in [1.807, 2.05) is 0 Å². The Morgan fingerprint density at radius 1 is 1.67 bits per heavy atom. The molecule has 0 radical (unpaired) electrons. The molecule has 0 heterocycles. The topological polar surface area (TPSA) is 55.4 Å². The molecule has 0 aliphatic heterocycles. The molecule has 4 nitrogen and oxygen atoms in total. The van der Waals surface area contributed by atoms with Crippen LogP contribution in [-0.4, -0.2) is 25.5 Å². The predicted molar refractivity (Wildman–Crippen MR) is 56.6 cm³/mol. The van der Waals surface area contributed by atoms with Crippen LogP contribution in [0.15, 0.2) is 11.6 Å². The largest absolute Gasteiger partial charge is 0.453 e. The number of aldehydes is 1. The highest BCUT2D eigenvalue weighted by Crippen LogP contribution is 2.20. The first-order chi connectivity index (χ1) is 7.26. The minimum atomic E-state index is -0.552. The smallest absolute Gasteiger partial charge is 0.407 e. The van der Waals surface area contributed by atoms with Gasteiger partial charge < -0.3 is 14.8 Å². The van der Waals surface area contributed by atoms with Crippen LogP contribution in [0, 0.1) is 0 Å². The summed E-state index contributed by atoms with van der Waals surface area (Å²) in [6, 6.07) is -0.457. The van der Waals surface area contributed by atoms with Gasteiger partial charge in [0.2, 0.25) is 0 Å². The molecule has 1 aliphatic carbocycles. The molecule has 0 spiro atoms. The summed E-state index contributed by atoms with van der Waals surface area (Å²) < 4.78 is 4.44. The summed E-state index contributed by atoms with van der Waals surface area (Å²) in [6.45, 7) is 0. The number of nitrogens with one attached hydrogen (secondary N) is 1. The molecule has 0 saturated heterocycles. The zero-order chi connectivity index (χ0) is 11.1. The molecule has 0 aromatic heterocycles. The average Bonchev–Trinajstić information content (AvgIpc) is 2.29. The lowest BCUT2D eigenvalue weighted by Crippen LogP contribution is -2.36. The maximum atomic E-state index is 10.9. The quantitative estimate of drug-likeness (QED) is 0.570. The fourth-order valence-corrected chi connectivity index (χ4v) is 1.72. The van der Waals surface area contributed by atoms with Crippen molar-refractivity contribution in [2.24, 2.45) is 0 Å². The Balaban J connectivity index is 2.41. The van der Waals surface area contributed by atoms with Gasteiger partial charge in [-0.15, -0.1) is 0 Å². The Kier molecular flexibility index (Phi) is 4.87. The van der Waals surface area contributed by atoms with Crippen molar-refractivity contribution in [3.8, 4) is 0 Å². The first-order valence-corrected chi connectivity index (χ1v) is 5.24. The molecular weight excluding hydrogens is 194 g/mol. The van der Waals surface area contributed by atoms with Gasteiger partial charge in [-0.3, -0.25) is 0 Å². The second-order valence-corrected chi connectivity index (χ2v) is 3.69. The number of alkyl carbamates (subject to hydrolysis) is 1. The average molecular weight is 211 g/mol. The highest BCUT2D eigenvalue weighted by Gasteiger charge is 2.14. The molecule has 0 aromatic rings. The summed E-state index contributed by atoms with van der Waals surface area (Å²) in [5.41, 5.74) is 1.26. The lowest BCUT2D eigenvalue weighted by molar-refractivity contribution is -0.109. The standard InChI is InChI=1S/C11H17NO3/c1-15-11(14)12-10(8-13)7-9-5-3-2-4-6-9/h5,8,10H,2-4,6-7H2,1H3,(H,12,14). The number of amides is 1. The van der Waals surface area contributed by atoms with Crippen molar-refractivity contribution in [3.05, 3.63) is 11.6 Å². The van der Waals surface area contributed by atoms with Gasteiger partial charge >= 0.3 is 6.09 Å². The minimum Gasteiger partial charge on any atom is -0.453 e. The van der Waals surface area contributed by atoms with E-state index in [4.69, 9.17) is 0 Å². The van der Waals surface area contributed by atoms with Gasteiger partial charge in [-0.25, -0.2) is 4.79 Å². The van der Waals surface area contributed by atoms with Gasteiger partial charge in [0.15, 0.2) is 0 Å². The van der Waals surface area contributed by atoms with Gasteiger partial charge in [-0.05, 0) is 32.1 Å². The summed E-state index contributed by atoms with van der Waals surface area (Å²) in [7, 11) is 1.29. The monoisotopic (exact) mass is 211 g/mol. The first kappa shape index (κ1) is 11.8. The molecule has 15 heavy (non-hydrogen) atoms. The molecule has 84 valence electrons. The lowest BCUT2D eigenvalue weighted by atomic mass is 9.95. The Morgan fingerprint density at radius 2 is 2.47 bits per heavy atom. The molecule has 1 atom stereocenters. The molecular formula is C11H17NO3. The number of allylic oxidation sites excluding steroid dienone is 1. The van der Waals surface area contributed by atoms with E-state index >= 15 is 0 Å². The van der Waals surface area contributed by atoms with Crippen molar-refractivity contribution in [2.75, 3.05) is 7.11 Å². The number of rotatable bonds is 4. The molecule has 1 unspecified atom stereocenters. The van der Waals surface area contributed by atoms with E-state index in [0.29, 0.717) is 6.42 Å². The van der Waals surface area contributed by atoms with E-state index in [1.165, 1.54) is 25.5 Å². The summed E-state index contributed by atoms with van der Waals surface area (Å²) in [4.78, 5) is 21.6. The van der Waals surface area contributed by atoms with E-state index in [0.717, 1.165) is 19.1 Å². The van der Waals surface area contributed by atoms with E-state index in [2.05, 4.69) is 16.1 Å². The van der Waals surface area contributed by atoms with Crippen LogP contribution < -0.4 is 5.32 Å². The zero-order valence-corrected chi connectivity index (χ0v) is 8.99. The number of carbonyl (C=O) groups is 2. The van der Waals surface area contributed by atoms with Crippen molar-refractivity contribution < 1.29 is 14.3 Å². The fourth-order valence-electron chi connectivity index (χ4n) is 1.72. The number of methoxy groups -OCH3 is 1. The second-order valence-electron chi connectivity index (χ2n) is 3.69. The van der Waals surface area contributed by atoms with E-state index < -0.39 is 12.1 Å². The van der Waals surface area contributed by atoms with E-state index in [1.54, 1.807) is 0 Å². The van der Waals surface area contributed by atoms with Gasteiger partial charge in [-0.2, -0.15) is 0 Å². The van der Waals surface area contributed by atoms with Gasteiger partial charge in [0.25, 0.3) is 0 Å². The van der Waals surface area contributed by atoms with Crippen LogP contribution >= 0.6 is 0 Å². The van der Waals surface area contributed by atoms with Crippen LogP contribution in [0.4, 0.5) is 4.79 Å². The lowest BCUT2D eigenvalue weighted by Gasteiger charge is -2.16. The van der Waals surface area contributed by atoms with Gasteiger partial charge in [0, 0.05) is 0 Å². The van der Waals surface area contributed by atoms with Gasteiger partial charge in [-0.1, -0.05) is 11.6 Å². The maximum Gasteiger partial charge on any atom is 0.407 e. The molecule has 1 rings (SSSR count). The fraction of sp³-hybridized carbons (Fsp3) is 0.636. The van der Waals surface area contributed by atoms with Crippen LogP contribution in [0.5, 0.6) is 0 Å². The molecule has 0 saturated carbocycles. The maximum absolute atomic E-state index is 10.9. The third-order valence-electron chi connectivity index (χ3n) is 2.52. The second kappa shape index (κ2) is 6.22. The molecule has 0 aromatic carbocycles. The van der Waals surface area contributed by atoms with E-state index in [9.17, 15) is 9.59 Å². The van der Waals surface area contributed by atoms with Crippen LogP contribution in [0.3, 0.4) is 0 Å². The number of hydrogen-bond acceptors (Lipinski definition) is 3. The van der Waals surface area contributed by atoms with Crippen LogP contribution in [0.2, 0.25) is 0 Å². The zero-order valence-electron chi connectivity index (χ0n) is 8.99. The number of carbonyl (C=O) groups excluding carboxylic acids is 2. The summed E-state index contributed by atoms with van der Waals surface area (Å²) in [6.07, 6.45) is 7.49. The van der Waals surface area contributed by atoms with Gasteiger partial charge in [0.05, 0.1) is 13.2 Å². The summed E-state index contributed by atoms with van der Waals surface area (Å²) >= 11 is 0. The number of ether oxygens (including phenoxy) is 1. The molecule has 1 N–H and O–H groups in total. The van der Waals surface area contributed by atoms with Crippen molar-refractivity contribution in [3.63, 3.8) is 0 Å². The Morgan fingerprint density at radius 3 is 3.00 bits per heavy atom. The summed E-state index contributed by atoms with van der Waals surface area (Å²) in [5, 5.41) is 2.49. The van der Waals surface area contributed by atoms with Crippen LogP contribution in [0.25, 0.3) is 0 Å². The normalized spacial score (nSPS) is 17.5. The first-order valence-electron chi connectivity index (χ1n) is 5.24. The van der Waals surface area contributed by atoms with Crippen molar-refractivity contribution in [1.82, 2.24) is 5.32 Å². The third-order valence-corrected chi connectivity index (χ3v) is 2.52. The van der Waals surface area contributed by atoms with Crippen LogP contribution in [0.1, 0.15) is 32.1 Å². The Bertz CT molecular complexity index is 261.